The molecule has 0 aliphatic heterocycles. The van der Waals surface area contributed by atoms with Crippen LogP contribution >= 0.6 is 23.2 Å². The van der Waals surface area contributed by atoms with Crippen LogP contribution in [0.1, 0.15) is 60.8 Å². The molecule has 9 heterocycles. The van der Waals surface area contributed by atoms with E-state index < -0.39 is 17.2 Å². The smallest absolute Gasteiger partial charge is 0.527 e. The molecule has 5 N–H and O–H groups in total. The largest absolute Gasteiger partial charge is 3.00 e. The molecule has 0 radical (unpaired) electrons. The number of esters is 4. The monoisotopic (exact) mass is 2550 g/mol. The summed E-state index contributed by atoms with van der Waals surface area (Å²) in [6.45, 7) is 20.4. The molecule has 0 aliphatic carbocycles. The molecule has 0 saturated carbocycles. The van der Waals surface area contributed by atoms with E-state index in [-0.39, 0.29) is 106 Å². The van der Waals surface area contributed by atoms with E-state index in [1.54, 1.807) is 261 Å². The molecule has 18 aromatic rings. The van der Waals surface area contributed by atoms with Crippen molar-refractivity contribution in [1.29, 1.82) is 0 Å². The zero-order valence-corrected chi connectivity index (χ0v) is 89.9. The number of phenolic OH excluding ortho intramolecular Hbond substituents is 5. The first kappa shape index (κ1) is 123. The fraction of sp³-hybridized carbons (Fsp3) is 0.0750. The summed E-state index contributed by atoms with van der Waals surface area (Å²) in [7, 11) is 0. The number of aromatic nitrogens is 9. The maximum Gasteiger partial charge on any atom is 3.00 e. The summed E-state index contributed by atoms with van der Waals surface area (Å²) in [6, 6.07) is 123. The standard InChI is InChI=1S/2C15H12NO2.2C14H12NO2.5C11H8NO.C4H5ClO.C3H5ClO.3Ir/c2*1-11(2)15(17)18-13-7-5-6-12(10-13)14-8-3-4-9-16-14;2*1-2-14(16)17-12-7-5-6-11(10-12)13-8-3-4-9-15-13;5*13-10-5-3-4-9(8-10)11-6-1-2-7-12-11;1-3(2)4(5)6;1-2-3(4)5;;;/h2*3-5,7-10H,1H2,2H3;2*3-5,7-10H,2H2,1H3;5*1-3,5-8,13H;1H2,2H3;2H2,1H3;;;/q9*-1;;;3*+3. The van der Waals surface area contributed by atoms with Crippen LogP contribution in [0.25, 0.3) is 101 Å². The summed E-state index contributed by atoms with van der Waals surface area (Å²) in [5.74, 6) is 1.78. The quantitative estimate of drug-likeness (QED) is 0.0165. The molecule has 754 valence electrons. The van der Waals surface area contributed by atoms with Gasteiger partial charge in [0, 0.05) is 121 Å². The molecule has 24 nitrogen and oxygen atoms in total. The summed E-state index contributed by atoms with van der Waals surface area (Å²) in [4.78, 5) is 102. The fourth-order valence-electron chi connectivity index (χ4n) is 11.1. The minimum Gasteiger partial charge on any atom is -0.527 e. The van der Waals surface area contributed by atoms with Crippen molar-refractivity contribution < 1.29 is 134 Å². The number of allylic oxidation sites excluding steroid dienone is 1. The summed E-state index contributed by atoms with van der Waals surface area (Å²) < 4.78 is 20.6. The number of halogens is 2. The topological polar surface area (TPSA) is 356 Å². The van der Waals surface area contributed by atoms with E-state index in [1.165, 1.54) is 0 Å². The van der Waals surface area contributed by atoms with Crippen LogP contribution in [0.3, 0.4) is 0 Å². The van der Waals surface area contributed by atoms with Crippen molar-refractivity contribution in [1.82, 2.24) is 44.9 Å². The third kappa shape index (κ3) is 47.4. The molecule has 0 spiro atoms. The van der Waals surface area contributed by atoms with Crippen molar-refractivity contribution in [2.24, 2.45) is 0 Å². The van der Waals surface area contributed by atoms with Gasteiger partial charge in [-0.15, -0.1) is 268 Å². The Morgan fingerprint density at radius 1 is 0.248 bits per heavy atom. The van der Waals surface area contributed by atoms with Crippen molar-refractivity contribution in [3.8, 4) is 153 Å². The summed E-state index contributed by atoms with van der Waals surface area (Å²) in [5.41, 5.74) is 15.6. The third-order valence-corrected chi connectivity index (χ3v) is 18.8. The van der Waals surface area contributed by atoms with E-state index in [0.717, 1.165) is 101 Å². The average Bonchev–Trinajstić information content (AvgIpc) is 0.860. The van der Waals surface area contributed by atoms with Gasteiger partial charge in [0.25, 0.3) is 0 Å². The molecular weight excluding hydrogens is 2450 g/mol. The number of rotatable bonds is 19. The van der Waals surface area contributed by atoms with Crippen molar-refractivity contribution in [2.75, 3.05) is 0 Å². The van der Waals surface area contributed by atoms with E-state index in [4.69, 9.17) is 42.1 Å². The van der Waals surface area contributed by atoms with Gasteiger partial charge in [0.2, 0.25) is 10.5 Å². The molecule has 0 saturated heterocycles. The molecular formula is C120H98Cl2Ir3N9O15. The number of hydrogen-bond acceptors (Lipinski definition) is 24. The molecule has 0 aliphatic rings. The van der Waals surface area contributed by atoms with Crippen LogP contribution in [-0.2, 0) is 89.1 Å². The normalized spacial score (nSPS) is 9.50. The van der Waals surface area contributed by atoms with Crippen LogP contribution in [-0.4, -0.2) is 105 Å². The first-order valence-electron chi connectivity index (χ1n) is 44.7. The van der Waals surface area contributed by atoms with Crippen molar-refractivity contribution in [3.05, 3.63) is 474 Å². The predicted molar refractivity (Wildman–Crippen MR) is 564 cm³/mol. The van der Waals surface area contributed by atoms with Crippen molar-refractivity contribution >= 4 is 57.6 Å². The van der Waals surface area contributed by atoms with Crippen molar-refractivity contribution in [2.45, 2.75) is 60.8 Å². The van der Waals surface area contributed by atoms with Gasteiger partial charge in [0.05, 0.1) is 23.0 Å². The molecule has 18 rings (SSSR count). The van der Waals surface area contributed by atoms with Gasteiger partial charge in [-0.25, -0.2) is 9.59 Å². The van der Waals surface area contributed by atoms with Gasteiger partial charge >= 0.3 is 84.2 Å². The fourth-order valence-corrected chi connectivity index (χ4v) is 11.1. The number of nitrogens with zero attached hydrogens (tertiary/aromatic N) is 9. The van der Waals surface area contributed by atoms with Gasteiger partial charge in [0.15, 0.2) is 0 Å². The Morgan fingerprint density at radius 2 is 0.403 bits per heavy atom. The zero-order valence-electron chi connectivity index (χ0n) is 81.2. The summed E-state index contributed by atoms with van der Waals surface area (Å²) >= 11 is 9.70. The minimum atomic E-state index is -0.463. The van der Waals surface area contributed by atoms with Crippen LogP contribution in [0.5, 0.6) is 51.7 Å². The number of carbonyl (C=O) groups excluding carboxylic acids is 6. The molecule has 149 heavy (non-hydrogen) atoms. The average molecular weight is 2550 g/mol. The number of phenols is 5. The molecule has 0 atom stereocenters. The summed E-state index contributed by atoms with van der Waals surface area (Å²) in [5, 5.41) is 45.4. The van der Waals surface area contributed by atoms with Gasteiger partial charge < -0.3 is 89.3 Å². The van der Waals surface area contributed by atoms with Gasteiger partial charge in [-0.3, -0.25) is 19.2 Å². The first-order valence-corrected chi connectivity index (χ1v) is 45.4. The van der Waals surface area contributed by atoms with E-state index in [1.807, 2.05) is 164 Å². The summed E-state index contributed by atoms with van der Waals surface area (Å²) in [6.07, 6.45) is 16.6. The minimum absolute atomic E-state index is 0. The molecule has 0 fully saturated rings. The Hall–Kier alpha value is -16.7. The van der Waals surface area contributed by atoms with E-state index in [2.05, 4.69) is 119 Å². The Bertz CT molecular complexity index is 6460. The molecule has 9 aromatic heterocycles. The van der Waals surface area contributed by atoms with E-state index in [9.17, 15) is 54.3 Å². The maximum absolute atomic E-state index is 11.4. The zero-order chi connectivity index (χ0) is 105. The second-order valence-corrected chi connectivity index (χ2v) is 30.5. The number of carbonyl (C=O) groups is 6. The Kier molecular flexibility index (Phi) is 57.1. The van der Waals surface area contributed by atoms with Crippen LogP contribution in [0.15, 0.2) is 420 Å². The number of benzene rings is 9. The number of pyridine rings is 9. The molecule has 0 bridgehead atoms. The predicted octanol–water partition coefficient (Wildman–Crippen LogP) is 25.5. The second-order valence-electron chi connectivity index (χ2n) is 29.7. The number of ether oxygens (including phenoxy) is 4. The van der Waals surface area contributed by atoms with Crippen LogP contribution < -0.4 is 18.9 Å². The molecule has 0 amide bonds. The Labute approximate surface area is 916 Å². The van der Waals surface area contributed by atoms with Gasteiger partial charge in [0.1, 0.15) is 0 Å². The van der Waals surface area contributed by atoms with E-state index >= 15 is 0 Å². The van der Waals surface area contributed by atoms with Crippen LogP contribution in [0.4, 0.5) is 0 Å². The second kappa shape index (κ2) is 69.3. The maximum atomic E-state index is 11.4. The van der Waals surface area contributed by atoms with Crippen LogP contribution in [0.2, 0.25) is 0 Å². The van der Waals surface area contributed by atoms with Crippen molar-refractivity contribution in [3.63, 3.8) is 0 Å². The Balaban J connectivity index is 0.000000291. The van der Waals surface area contributed by atoms with Gasteiger partial charge in [-0.1, -0.05) is 150 Å². The van der Waals surface area contributed by atoms with E-state index in [0.29, 0.717) is 59.0 Å². The van der Waals surface area contributed by atoms with Crippen LogP contribution in [0, 0.1) is 54.6 Å². The molecule has 0 unspecified atom stereocenters. The number of hydrogen-bond donors (Lipinski definition) is 5. The van der Waals surface area contributed by atoms with Gasteiger partial charge in [-0.2, -0.15) is 0 Å². The first-order chi connectivity index (χ1) is 70.6. The SMILES string of the molecule is C=C(C)C(=O)Cl.C=C(C)C(=O)Oc1cc[c-]c(-c2ccccn2)c1.C=C(C)C(=O)Oc1cc[c-]c(-c2ccccn2)c1.CCC(=O)Cl.CCC(=O)Oc1cc[c-]c(-c2ccccn2)c1.CCC(=O)Oc1cc[c-]c(-c2ccccn2)c1.Oc1cc[c-]c(-c2ccccn2)c1.Oc1cc[c-]c(-c2ccccn2)c1.Oc1cc[c-]c(-c2ccccn2)c1.Oc1cc[c-]c(-c2ccccn2)c1.Oc1cc[c-]c(-c2ccccn2)c1.[Ir+3].[Ir+3].[Ir+3]. The molecule has 9 aromatic carbocycles. The third-order valence-electron chi connectivity index (χ3n) is 18.3. The molecule has 29 heteroatoms. The van der Waals surface area contributed by atoms with Gasteiger partial charge in [-0.05, 0) is 150 Å². The Morgan fingerprint density at radius 3 is 0.530 bits per heavy atom. The number of aromatic hydroxyl groups is 5.